The Kier molecular flexibility index (Phi) is 2.34. The first-order chi connectivity index (χ1) is 4.63. The molecule has 10 heavy (non-hydrogen) atoms. The molecule has 1 aromatic heterocycles. The molecule has 0 bridgehead atoms. The Morgan fingerprint density at radius 1 is 1.70 bits per heavy atom. The standard InChI is InChI=1S/C7H10ClNS/c1-4-3-10-7(5(2)9)6(4)8/h3,5H,9H2,1-2H3/t5-/m0/s1. The zero-order chi connectivity index (χ0) is 7.72. The lowest BCUT2D eigenvalue weighted by Crippen LogP contribution is -2.02. The molecule has 0 aromatic carbocycles. The summed E-state index contributed by atoms with van der Waals surface area (Å²) in [6.07, 6.45) is 0. The highest BCUT2D eigenvalue weighted by molar-refractivity contribution is 7.10. The minimum Gasteiger partial charge on any atom is -0.323 e. The third-order valence-corrected chi connectivity index (χ3v) is 3.25. The van der Waals surface area contributed by atoms with Gasteiger partial charge in [0.15, 0.2) is 0 Å². The van der Waals surface area contributed by atoms with E-state index in [0.29, 0.717) is 0 Å². The molecule has 1 rings (SSSR count). The van der Waals surface area contributed by atoms with Crippen LogP contribution in [0.1, 0.15) is 23.4 Å². The second-order valence-corrected chi connectivity index (χ2v) is 3.67. The number of rotatable bonds is 1. The smallest absolute Gasteiger partial charge is 0.0590 e. The highest BCUT2D eigenvalue weighted by Gasteiger charge is 2.08. The van der Waals surface area contributed by atoms with Gasteiger partial charge in [-0.2, -0.15) is 0 Å². The largest absolute Gasteiger partial charge is 0.323 e. The van der Waals surface area contributed by atoms with Crippen molar-refractivity contribution in [3.8, 4) is 0 Å². The first-order valence-electron chi connectivity index (χ1n) is 3.12. The van der Waals surface area contributed by atoms with Crippen LogP contribution in [0, 0.1) is 6.92 Å². The molecular formula is C7H10ClNS. The van der Waals surface area contributed by atoms with Gasteiger partial charge in [-0.25, -0.2) is 0 Å². The lowest BCUT2D eigenvalue weighted by atomic mass is 10.2. The monoisotopic (exact) mass is 175 g/mol. The molecule has 3 heteroatoms. The van der Waals surface area contributed by atoms with Gasteiger partial charge in [0.25, 0.3) is 0 Å². The third-order valence-electron chi connectivity index (χ3n) is 1.34. The molecule has 1 heterocycles. The van der Waals surface area contributed by atoms with Gasteiger partial charge in [-0.05, 0) is 24.8 Å². The predicted octanol–water partition coefficient (Wildman–Crippen LogP) is 2.73. The van der Waals surface area contributed by atoms with E-state index in [1.165, 1.54) is 0 Å². The Morgan fingerprint density at radius 3 is 2.50 bits per heavy atom. The van der Waals surface area contributed by atoms with E-state index >= 15 is 0 Å². The number of nitrogens with two attached hydrogens (primary N) is 1. The summed E-state index contributed by atoms with van der Waals surface area (Å²) in [7, 11) is 0. The Morgan fingerprint density at radius 2 is 2.30 bits per heavy atom. The molecule has 0 radical (unpaired) electrons. The molecule has 0 amide bonds. The van der Waals surface area contributed by atoms with Crippen molar-refractivity contribution in [1.82, 2.24) is 0 Å². The van der Waals surface area contributed by atoms with Crippen LogP contribution in [0.5, 0.6) is 0 Å². The molecule has 1 atom stereocenters. The van der Waals surface area contributed by atoms with Crippen molar-refractivity contribution in [3.05, 3.63) is 20.8 Å². The van der Waals surface area contributed by atoms with Gasteiger partial charge in [-0.1, -0.05) is 11.6 Å². The van der Waals surface area contributed by atoms with Gasteiger partial charge < -0.3 is 5.73 Å². The number of aryl methyl sites for hydroxylation is 1. The van der Waals surface area contributed by atoms with Gasteiger partial charge >= 0.3 is 0 Å². The molecule has 0 saturated heterocycles. The molecule has 0 fully saturated rings. The van der Waals surface area contributed by atoms with Crippen LogP contribution >= 0.6 is 22.9 Å². The highest BCUT2D eigenvalue weighted by atomic mass is 35.5. The highest BCUT2D eigenvalue weighted by Crippen LogP contribution is 2.30. The molecule has 56 valence electrons. The second-order valence-electron chi connectivity index (χ2n) is 2.39. The first kappa shape index (κ1) is 8.05. The molecule has 0 spiro atoms. The van der Waals surface area contributed by atoms with Gasteiger partial charge in [0.1, 0.15) is 0 Å². The number of hydrogen-bond donors (Lipinski definition) is 1. The summed E-state index contributed by atoms with van der Waals surface area (Å²) >= 11 is 7.56. The summed E-state index contributed by atoms with van der Waals surface area (Å²) in [5, 5.41) is 2.86. The summed E-state index contributed by atoms with van der Waals surface area (Å²) < 4.78 is 0. The second kappa shape index (κ2) is 2.91. The van der Waals surface area contributed by atoms with Gasteiger partial charge in [-0.15, -0.1) is 11.3 Å². The van der Waals surface area contributed by atoms with Crippen molar-refractivity contribution < 1.29 is 0 Å². The predicted molar refractivity (Wildman–Crippen MR) is 46.7 cm³/mol. The van der Waals surface area contributed by atoms with Crippen molar-refractivity contribution in [3.63, 3.8) is 0 Å². The van der Waals surface area contributed by atoms with Crippen LogP contribution in [0.2, 0.25) is 5.02 Å². The van der Waals surface area contributed by atoms with Crippen LogP contribution in [-0.2, 0) is 0 Å². The summed E-state index contributed by atoms with van der Waals surface area (Å²) in [5.41, 5.74) is 6.78. The minimum absolute atomic E-state index is 0.0613. The van der Waals surface area contributed by atoms with Gasteiger partial charge in [0.05, 0.1) is 5.02 Å². The maximum atomic E-state index is 5.93. The number of hydrogen-bond acceptors (Lipinski definition) is 2. The van der Waals surface area contributed by atoms with Gasteiger partial charge in [0, 0.05) is 10.9 Å². The fourth-order valence-electron chi connectivity index (χ4n) is 0.757. The normalized spacial score (nSPS) is 13.6. The van der Waals surface area contributed by atoms with Gasteiger partial charge in [-0.3, -0.25) is 0 Å². The van der Waals surface area contributed by atoms with E-state index in [0.717, 1.165) is 15.5 Å². The Hall–Kier alpha value is -0.0500. The van der Waals surface area contributed by atoms with Crippen LogP contribution in [0.3, 0.4) is 0 Å². The van der Waals surface area contributed by atoms with E-state index in [1.54, 1.807) is 11.3 Å². The molecular weight excluding hydrogens is 166 g/mol. The lowest BCUT2D eigenvalue weighted by molar-refractivity contribution is 0.838. The fourth-order valence-corrected chi connectivity index (χ4v) is 2.08. The first-order valence-corrected chi connectivity index (χ1v) is 4.37. The van der Waals surface area contributed by atoms with E-state index in [-0.39, 0.29) is 6.04 Å². The van der Waals surface area contributed by atoms with Crippen molar-refractivity contribution in [2.24, 2.45) is 5.73 Å². The van der Waals surface area contributed by atoms with E-state index in [2.05, 4.69) is 0 Å². The maximum Gasteiger partial charge on any atom is 0.0590 e. The zero-order valence-electron chi connectivity index (χ0n) is 6.02. The quantitative estimate of drug-likeness (QED) is 0.698. The molecule has 0 unspecified atom stereocenters. The topological polar surface area (TPSA) is 26.0 Å². The van der Waals surface area contributed by atoms with Gasteiger partial charge in [0.2, 0.25) is 0 Å². The average Bonchev–Trinajstić information content (AvgIpc) is 2.14. The van der Waals surface area contributed by atoms with Crippen molar-refractivity contribution >= 4 is 22.9 Å². The molecule has 1 nitrogen and oxygen atoms in total. The number of halogens is 1. The van der Waals surface area contributed by atoms with Crippen LogP contribution in [0.25, 0.3) is 0 Å². The van der Waals surface area contributed by atoms with E-state index in [1.807, 2.05) is 19.2 Å². The minimum atomic E-state index is 0.0613. The Bertz CT molecular complexity index is 230. The fraction of sp³-hybridized carbons (Fsp3) is 0.429. The molecule has 0 aliphatic carbocycles. The third kappa shape index (κ3) is 1.34. The van der Waals surface area contributed by atoms with E-state index < -0.39 is 0 Å². The summed E-state index contributed by atoms with van der Waals surface area (Å²) in [5.74, 6) is 0. The van der Waals surface area contributed by atoms with E-state index in [9.17, 15) is 0 Å². The lowest BCUT2D eigenvalue weighted by Gasteiger charge is -2.00. The van der Waals surface area contributed by atoms with Crippen LogP contribution in [0.4, 0.5) is 0 Å². The molecule has 0 saturated carbocycles. The van der Waals surface area contributed by atoms with Crippen LogP contribution in [0.15, 0.2) is 5.38 Å². The summed E-state index contributed by atoms with van der Waals surface area (Å²) in [6, 6.07) is 0.0613. The summed E-state index contributed by atoms with van der Waals surface area (Å²) in [4.78, 5) is 1.08. The molecule has 1 aromatic rings. The van der Waals surface area contributed by atoms with E-state index in [4.69, 9.17) is 17.3 Å². The SMILES string of the molecule is Cc1csc([C@H](C)N)c1Cl. The molecule has 2 N–H and O–H groups in total. The molecule has 0 aliphatic rings. The maximum absolute atomic E-state index is 5.93. The van der Waals surface area contributed by atoms with Crippen LogP contribution in [-0.4, -0.2) is 0 Å². The number of thiophene rings is 1. The average molecular weight is 176 g/mol. The zero-order valence-corrected chi connectivity index (χ0v) is 7.59. The van der Waals surface area contributed by atoms with Crippen molar-refractivity contribution in [2.45, 2.75) is 19.9 Å². The summed E-state index contributed by atoms with van der Waals surface area (Å²) in [6.45, 7) is 3.93. The molecule has 0 aliphatic heterocycles. The van der Waals surface area contributed by atoms with Crippen molar-refractivity contribution in [1.29, 1.82) is 0 Å². The Labute approximate surface area is 69.8 Å². The Balaban J connectivity index is 3.05. The van der Waals surface area contributed by atoms with Crippen molar-refractivity contribution in [2.75, 3.05) is 0 Å². The van der Waals surface area contributed by atoms with Crippen LogP contribution < -0.4 is 5.73 Å².